The number of aliphatic imine (C=N–C) groups is 1. The molecule has 0 amide bonds. The van der Waals surface area contributed by atoms with Crippen LogP contribution in [0, 0.1) is 0 Å². The largest absolute Gasteiger partial charge is 0.497 e. The summed E-state index contributed by atoms with van der Waals surface area (Å²) in [6.07, 6.45) is 2.68. The topological polar surface area (TPSA) is 58.1 Å². The van der Waals surface area contributed by atoms with Crippen LogP contribution in [0.5, 0.6) is 11.5 Å². The van der Waals surface area contributed by atoms with Crippen LogP contribution < -0.4 is 20.1 Å². The quantitative estimate of drug-likeness (QED) is 0.385. The van der Waals surface area contributed by atoms with Gasteiger partial charge in [0, 0.05) is 32.2 Å². The number of hydrogen-bond acceptors (Lipinski definition) is 4. The summed E-state index contributed by atoms with van der Waals surface area (Å²) in [5.74, 6) is 2.48. The van der Waals surface area contributed by atoms with Crippen molar-refractivity contribution >= 4 is 5.96 Å². The van der Waals surface area contributed by atoms with E-state index in [0.717, 1.165) is 36.6 Å². The zero-order chi connectivity index (χ0) is 18.1. The first kappa shape index (κ1) is 19.4. The second kappa shape index (κ2) is 10.1. The lowest BCUT2D eigenvalue weighted by Gasteiger charge is -2.26. The van der Waals surface area contributed by atoms with Crippen LogP contribution in [0.15, 0.2) is 29.3 Å². The number of hydrogen-bond donors (Lipinski definition) is 2. The molecule has 1 saturated carbocycles. The predicted octanol–water partition coefficient (Wildman–Crippen LogP) is 2.11. The highest BCUT2D eigenvalue weighted by Gasteiger charge is 2.29. The Labute approximate surface area is 151 Å². The second-order valence-electron chi connectivity index (χ2n) is 6.51. The molecule has 6 heteroatoms. The van der Waals surface area contributed by atoms with Gasteiger partial charge >= 0.3 is 0 Å². The number of ether oxygens (including phenoxy) is 2. The van der Waals surface area contributed by atoms with Gasteiger partial charge in [0.05, 0.1) is 13.7 Å². The number of methoxy groups -OCH3 is 1. The molecule has 0 saturated heterocycles. The van der Waals surface area contributed by atoms with Gasteiger partial charge in [0.25, 0.3) is 0 Å². The number of nitrogens with one attached hydrogen (secondary N) is 2. The fourth-order valence-corrected chi connectivity index (χ4v) is 2.80. The SMILES string of the molecule is CN=C(NCCOc1ccc(OC)cc1)NCCN(C(C)C)C1CC1. The molecule has 0 aromatic heterocycles. The molecule has 0 bridgehead atoms. The summed E-state index contributed by atoms with van der Waals surface area (Å²) in [5.41, 5.74) is 0. The van der Waals surface area contributed by atoms with E-state index < -0.39 is 0 Å². The number of nitrogens with zero attached hydrogens (tertiary/aromatic N) is 2. The molecule has 1 fully saturated rings. The highest BCUT2D eigenvalue weighted by atomic mass is 16.5. The van der Waals surface area contributed by atoms with Crippen molar-refractivity contribution < 1.29 is 9.47 Å². The Morgan fingerprint density at radius 1 is 1.16 bits per heavy atom. The molecule has 2 rings (SSSR count). The Balaban J connectivity index is 1.61. The summed E-state index contributed by atoms with van der Waals surface area (Å²) >= 11 is 0. The van der Waals surface area contributed by atoms with Gasteiger partial charge in [-0.15, -0.1) is 0 Å². The van der Waals surface area contributed by atoms with E-state index in [2.05, 4.69) is 34.4 Å². The maximum atomic E-state index is 5.71. The Bertz CT molecular complexity index is 525. The molecule has 1 aliphatic rings. The van der Waals surface area contributed by atoms with E-state index in [1.165, 1.54) is 12.8 Å². The average molecular weight is 348 g/mol. The van der Waals surface area contributed by atoms with E-state index in [0.29, 0.717) is 19.2 Å². The molecule has 0 heterocycles. The Hall–Kier alpha value is -1.95. The molecule has 0 aliphatic heterocycles. The van der Waals surface area contributed by atoms with Crippen molar-refractivity contribution in [2.45, 2.75) is 38.8 Å². The summed E-state index contributed by atoms with van der Waals surface area (Å²) in [4.78, 5) is 6.82. The first-order valence-corrected chi connectivity index (χ1v) is 9.11. The molecule has 140 valence electrons. The van der Waals surface area contributed by atoms with Crippen LogP contribution in [0.25, 0.3) is 0 Å². The minimum absolute atomic E-state index is 0.577. The molecule has 1 aromatic rings. The summed E-state index contributed by atoms with van der Waals surface area (Å²) < 4.78 is 10.8. The second-order valence-corrected chi connectivity index (χ2v) is 6.51. The van der Waals surface area contributed by atoms with Crippen LogP contribution in [0.4, 0.5) is 0 Å². The summed E-state index contributed by atoms with van der Waals surface area (Å²) in [7, 11) is 3.45. The van der Waals surface area contributed by atoms with E-state index >= 15 is 0 Å². The molecule has 0 unspecified atom stereocenters. The van der Waals surface area contributed by atoms with E-state index in [1.54, 1.807) is 14.2 Å². The van der Waals surface area contributed by atoms with Crippen molar-refractivity contribution in [1.29, 1.82) is 0 Å². The van der Waals surface area contributed by atoms with Gasteiger partial charge in [0.15, 0.2) is 5.96 Å². The van der Waals surface area contributed by atoms with Crippen molar-refractivity contribution in [3.8, 4) is 11.5 Å². The Morgan fingerprint density at radius 2 is 1.80 bits per heavy atom. The fraction of sp³-hybridized carbons (Fsp3) is 0.632. The molecule has 0 atom stereocenters. The van der Waals surface area contributed by atoms with Crippen LogP contribution in [0.1, 0.15) is 26.7 Å². The lowest BCUT2D eigenvalue weighted by molar-refractivity contribution is 0.215. The highest BCUT2D eigenvalue weighted by Crippen LogP contribution is 2.27. The van der Waals surface area contributed by atoms with Crippen LogP contribution in [0.3, 0.4) is 0 Å². The standard InChI is InChI=1S/C19H32N4O2/c1-15(2)23(16-5-6-16)13-11-21-19(20-3)22-12-14-25-18-9-7-17(24-4)8-10-18/h7-10,15-16H,5-6,11-14H2,1-4H3,(H2,20,21,22). The highest BCUT2D eigenvalue weighted by molar-refractivity contribution is 5.79. The minimum Gasteiger partial charge on any atom is -0.497 e. The monoisotopic (exact) mass is 348 g/mol. The third-order valence-electron chi connectivity index (χ3n) is 4.29. The molecule has 6 nitrogen and oxygen atoms in total. The molecule has 1 aliphatic carbocycles. The van der Waals surface area contributed by atoms with Gasteiger partial charge in [0.2, 0.25) is 0 Å². The first-order chi connectivity index (χ1) is 12.1. The Kier molecular flexibility index (Phi) is 7.85. The molecular formula is C19H32N4O2. The lowest BCUT2D eigenvalue weighted by atomic mass is 10.3. The van der Waals surface area contributed by atoms with Gasteiger partial charge in [-0.05, 0) is 51.0 Å². The number of rotatable bonds is 10. The van der Waals surface area contributed by atoms with E-state index in [1.807, 2.05) is 24.3 Å². The van der Waals surface area contributed by atoms with Gasteiger partial charge in [-0.2, -0.15) is 0 Å². The third-order valence-corrected chi connectivity index (χ3v) is 4.29. The van der Waals surface area contributed by atoms with Crippen molar-refractivity contribution in [2.24, 2.45) is 4.99 Å². The summed E-state index contributed by atoms with van der Waals surface area (Å²) in [6.45, 7) is 7.75. The molecule has 1 aromatic carbocycles. The Morgan fingerprint density at radius 3 is 2.36 bits per heavy atom. The lowest BCUT2D eigenvalue weighted by Crippen LogP contribution is -2.44. The number of benzene rings is 1. The summed E-state index contributed by atoms with van der Waals surface area (Å²) in [6, 6.07) is 8.98. The normalized spacial score (nSPS) is 14.7. The van der Waals surface area contributed by atoms with E-state index in [9.17, 15) is 0 Å². The van der Waals surface area contributed by atoms with Crippen molar-refractivity contribution in [1.82, 2.24) is 15.5 Å². The van der Waals surface area contributed by atoms with Gasteiger partial charge < -0.3 is 20.1 Å². The minimum atomic E-state index is 0.577. The zero-order valence-corrected chi connectivity index (χ0v) is 15.9. The fourth-order valence-electron chi connectivity index (χ4n) is 2.80. The van der Waals surface area contributed by atoms with Crippen molar-refractivity contribution in [2.75, 3.05) is 40.4 Å². The zero-order valence-electron chi connectivity index (χ0n) is 15.9. The van der Waals surface area contributed by atoms with Crippen molar-refractivity contribution in [3.63, 3.8) is 0 Å². The maximum Gasteiger partial charge on any atom is 0.191 e. The van der Waals surface area contributed by atoms with Gasteiger partial charge in [-0.1, -0.05) is 0 Å². The smallest absolute Gasteiger partial charge is 0.191 e. The predicted molar refractivity (Wildman–Crippen MR) is 103 cm³/mol. The summed E-state index contributed by atoms with van der Waals surface area (Å²) in [5, 5.41) is 6.66. The molecule has 0 spiro atoms. The van der Waals surface area contributed by atoms with E-state index in [4.69, 9.17) is 9.47 Å². The van der Waals surface area contributed by atoms with Gasteiger partial charge in [-0.25, -0.2) is 0 Å². The average Bonchev–Trinajstić information content (AvgIpc) is 3.45. The molecule has 0 radical (unpaired) electrons. The van der Waals surface area contributed by atoms with Crippen LogP contribution in [-0.2, 0) is 0 Å². The number of guanidine groups is 1. The first-order valence-electron chi connectivity index (χ1n) is 9.11. The van der Waals surface area contributed by atoms with Crippen molar-refractivity contribution in [3.05, 3.63) is 24.3 Å². The maximum absolute atomic E-state index is 5.71. The van der Waals surface area contributed by atoms with E-state index in [-0.39, 0.29) is 0 Å². The van der Waals surface area contributed by atoms with Crippen LogP contribution in [-0.4, -0.2) is 63.3 Å². The van der Waals surface area contributed by atoms with Crippen LogP contribution >= 0.6 is 0 Å². The third kappa shape index (κ3) is 6.82. The molecule has 2 N–H and O–H groups in total. The molecule has 25 heavy (non-hydrogen) atoms. The van der Waals surface area contributed by atoms with Crippen LogP contribution in [0.2, 0.25) is 0 Å². The van der Waals surface area contributed by atoms with Gasteiger partial charge in [-0.3, -0.25) is 9.89 Å². The van der Waals surface area contributed by atoms with Gasteiger partial charge in [0.1, 0.15) is 18.1 Å². The molecular weight excluding hydrogens is 316 g/mol.